The van der Waals surface area contributed by atoms with Crippen molar-refractivity contribution in [1.82, 2.24) is 9.13 Å². The van der Waals surface area contributed by atoms with Crippen molar-refractivity contribution in [3.8, 4) is 11.5 Å². The smallest absolute Gasteiger partial charge is 0.332 e. The first-order valence-corrected chi connectivity index (χ1v) is 8.12. The fraction of sp³-hybridized carbons (Fsp3) is 0.222. The van der Waals surface area contributed by atoms with Crippen LogP contribution >= 0.6 is 0 Å². The lowest BCUT2D eigenvalue weighted by atomic mass is 10.2. The van der Waals surface area contributed by atoms with Crippen LogP contribution in [0.25, 0.3) is 6.08 Å². The summed E-state index contributed by atoms with van der Waals surface area (Å²) in [6.45, 7) is -0.553. The normalized spacial score (nSPS) is 12.4. The average molecular weight is 387 g/mol. The summed E-state index contributed by atoms with van der Waals surface area (Å²) in [6.07, 6.45) is 2.61. The molecular weight excluding hydrogens is 370 g/mol. The summed E-state index contributed by atoms with van der Waals surface area (Å²) in [5.74, 6) is -0.705. The lowest BCUT2D eigenvalue weighted by molar-refractivity contribution is -0.136. The maximum Gasteiger partial charge on any atom is 0.332 e. The van der Waals surface area contributed by atoms with E-state index in [1.165, 1.54) is 20.2 Å². The molecule has 1 aliphatic heterocycles. The molecule has 2 N–H and O–H groups in total. The third-order valence-corrected chi connectivity index (χ3v) is 4.14. The van der Waals surface area contributed by atoms with E-state index in [-0.39, 0.29) is 12.6 Å². The summed E-state index contributed by atoms with van der Waals surface area (Å²) in [5.41, 5.74) is 4.44. The van der Waals surface area contributed by atoms with Crippen molar-refractivity contribution in [1.29, 1.82) is 0 Å². The molecular formula is C18H17N3O7. The zero-order valence-electron chi connectivity index (χ0n) is 15.1. The van der Waals surface area contributed by atoms with Gasteiger partial charge in [0.1, 0.15) is 11.4 Å². The maximum atomic E-state index is 12.3. The van der Waals surface area contributed by atoms with E-state index in [2.05, 4.69) is 0 Å². The van der Waals surface area contributed by atoms with Gasteiger partial charge >= 0.3 is 11.7 Å². The van der Waals surface area contributed by atoms with Gasteiger partial charge in [0.25, 0.3) is 5.56 Å². The van der Waals surface area contributed by atoms with Crippen molar-refractivity contribution in [3.63, 3.8) is 0 Å². The van der Waals surface area contributed by atoms with Gasteiger partial charge in [-0.2, -0.15) is 0 Å². The molecule has 10 nitrogen and oxygen atoms in total. The highest BCUT2D eigenvalue weighted by Crippen LogP contribution is 2.32. The molecule has 0 amide bonds. The van der Waals surface area contributed by atoms with E-state index in [4.69, 9.17) is 19.9 Å². The van der Waals surface area contributed by atoms with Crippen LogP contribution in [-0.2, 0) is 23.6 Å². The molecule has 0 radical (unpaired) electrons. The molecule has 28 heavy (non-hydrogen) atoms. The Bertz CT molecular complexity index is 1110. The Hall–Kier alpha value is -3.82. The maximum absolute atomic E-state index is 12.3. The van der Waals surface area contributed by atoms with Gasteiger partial charge in [0.2, 0.25) is 12.6 Å². The van der Waals surface area contributed by atoms with Crippen LogP contribution in [0.3, 0.4) is 0 Å². The molecule has 10 heteroatoms. The average Bonchev–Trinajstić information content (AvgIpc) is 3.15. The van der Waals surface area contributed by atoms with E-state index in [1.54, 1.807) is 18.2 Å². The number of rotatable bonds is 5. The highest BCUT2D eigenvalue weighted by Gasteiger charge is 2.21. The number of benzene rings is 1. The largest absolute Gasteiger partial charge is 0.454 e. The molecule has 0 fully saturated rings. The monoisotopic (exact) mass is 387 g/mol. The minimum absolute atomic E-state index is 0.139. The Kier molecular flexibility index (Phi) is 5.03. The van der Waals surface area contributed by atoms with Crippen molar-refractivity contribution in [2.45, 2.75) is 0 Å². The number of fused-ring (bicyclic) bond motifs is 1. The number of esters is 1. The number of nitrogen functional groups attached to an aromatic ring is 1. The van der Waals surface area contributed by atoms with Crippen molar-refractivity contribution < 1.29 is 23.8 Å². The van der Waals surface area contributed by atoms with Gasteiger partial charge in [-0.25, -0.2) is 9.59 Å². The van der Waals surface area contributed by atoms with E-state index < -0.39 is 35.2 Å². The number of nitrogens with two attached hydrogens (primary N) is 1. The van der Waals surface area contributed by atoms with Crippen LogP contribution in [0.4, 0.5) is 5.82 Å². The number of nitrogens with zero attached hydrogens (tertiary/aromatic N) is 2. The molecule has 0 aliphatic carbocycles. The van der Waals surface area contributed by atoms with Crippen molar-refractivity contribution in [2.75, 3.05) is 19.1 Å². The molecule has 1 aromatic heterocycles. The lowest BCUT2D eigenvalue weighted by Gasteiger charge is -2.10. The highest BCUT2D eigenvalue weighted by atomic mass is 16.7. The first kappa shape index (κ1) is 19.0. The molecule has 1 aliphatic rings. The van der Waals surface area contributed by atoms with Crippen LogP contribution in [0.2, 0.25) is 0 Å². The van der Waals surface area contributed by atoms with Gasteiger partial charge in [0.05, 0.1) is 0 Å². The van der Waals surface area contributed by atoms with Crippen molar-refractivity contribution >= 4 is 23.6 Å². The van der Waals surface area contributed by atoms with Gasteiger partial charge in [-0.15, -0.1) is 0 Å². The topological polar surface area (TPSA) is 132 Å². The Morgan fingerprint density at radius 1 is 1.18 bits per heavy atom. The van der Waals surface area contributed by atoms with Gasteiger partial charge in [0.15, 0.2) is 18.1 Å². The van der Waals surface area contributed by atoms with Crippen LogP contribution in [-0.4, -0.2) is 34.3 Å². The second-order valence-electron chi connectivity index (χ2n) is 5.94. The zero-order chi connectivity index (χ0) is 20.4. The number of Topliss-reactive ketones (excluding diaryl/α,β-unsaturated/α-hetero) is 1. The van der Waals surface area contributed by atoms with E-state index in [9.17, 15) is 19.2 Å². The third kappa shape index (κ3) is 3.52. The van der Waals surface area contributed by atoms with Crippen LogP contribution in [0.1, 0.15) is 15.9 Å². The SMILES string of the molecule is Cn1c(N)c(C(=O)COC(=O)/C=C/c2ccc3c(c2)OCO3)c(=O)n(C)c1=O. The standard InChI is InChI=1S/C18H17N3O7/c1-20-16(19)15(17(24)21(2)18(20)25)11(22)8-26-14(23)6-4-10-3-5-12-13(7-10)28-9-27-12/h3-7H,8-9,19H2,1-2H3/b6-4+. The summed E-state index contributed by atoms with van der Waals surface area (Å²) >= 11 is 0. The molecule has 0 spiro atoms. The Labute approximate surface area is 158 Å². The number of ether oxygens (including phenoxy) is 3. The number of carbonyl (C=O) groups is 2. The minimum atomic E-state index is -0.849. The number of hydrogen-bond donors (Lipinski definition) is 1. The molecule has 2 aromatic rings. The Morgan fingerprint density at radius 2 is 1.89 bits per heavy atom. The van der Waals surface area contributed by atoms with E-state index >= 15 is 0 Å². The molecule has 0 atom stereocenters. The van der Waals surface area contributed by atoms with E-state index in [1.807, 2.05) is 0 Å². The van der Waals surface area contributed by atoms with Gasteiger partial charge in [-0.3, -0.25) is 18.7 Å². The quantitative estimate of drug-likeness (QED) is 0.425. The first-order chi connectivity index (χ1) is 13.3. The number of anilines is 1. The predicted molar refractivity (Wildman–Crippen MR) is 98.2 cm³/mol. The van der Waals surface area contributed by atoms with Crippen LogP contribution < -0.4 is 26.5 Å². The van der Waals surface area contributed by atoms with E-state index in [0.29, 0.717) is 17.1 Å². The number of ketones is 1. The van der Waals surface area contributed by atoms with Gasteiger partial charge in [-0.05, 0) is 23.8 Å². The van der Waals surface area contributed by atoms with Crippen molar-refractivity contribution in [3.05, 3.63) is 56.2 Å². The molecule has 146 valence electrons. The summed E-state index contributed by atoms with van der Waals surface area (Å²) in [7, 11) is 2.55. The van der Waals surface area contributed by atoms with Crippen LogP contribution in [0.5, 0.6) is 11.5 Å². The van der Waals surface area contributed by atoms with E-state index in [0.717, 1.165) is 15.2 Å². The molecule has 0 saturated carbocycles. The summed E-state index contributed by atoms with van der Waals surface area (Å²) in [5, 5.41) is 0. The lowest BCUT2D eigenvalue weighted by Crippen LogP contribution is -2.42. The Balaban J connectivity index is 1.67. The molecule has 0 bridgehead atoms. The summed E-state index contributed by atoms with van der Waals surface area (Å²) in [6, 6.07) is 5.11. The number of hydrogen-bond acceptors (Lipinski definition) is 8. The van der Waals surface area contributed by atoms with Gasteiger partial charge in [0, 0.05) is 20.2 Å². The molecule has 0 saturated heterocycles. The molecule has 0 unspecified atom stereocenters. The predicted octanol–water partition coefficient (Wildman–Crippen LogP) is -0.166. The number of carbonyl (C=O) groups excluding carboxylic acids is 2. The summed E-state index contributed by atoms with van der Waals surface area (Å²) in [4.78, 5) is 48.0. The zero-order valence-corrected chi connectivity index (χ0v) is 15.1. The third-order valence-electron chi connectivity index (χ3n) is 4.14. The molecule has 2 heterocycles. The van der Waals surface area contributed by atoms with Crippen LogP contribution in [0.15, 0.2) is 33.9 Å². The molecule has 3 rings (SSSR count). The second kappa shape index (κ2) is 7.43. The summed E-state index contributed by atoms with van der Waals surface area (Å²) < 4.78 is 17.0. The fourth-order valence-electron chi connectivity index (χ4n) is 2.56. The second-order valence-corrected chi connectivity index (χ2v) is 5.94. The Morgan fingerprint density at radius 3 is 2.64 bits per heavy atom. The number of aromatic nitrogens is 2. The van der Waals surface area contributed by atoms with Crippen molar-refractivity contribution in [2.24, 2.45) is 14.1 Å². The molecule has 1 aromatic carbocycles. The van der Waals surface area contributed by atoms with Gasteiger partial charge in [-0.1, -0.05) is 6.07 Å². The van der Waals surface area contributed by atoms with Gasteiger partial charge < -0.3 is 19.9 Å². The van der Waals surface area contributed by atoms with Crippen LogP contribution in [0, 0.1) is 0 Å². The minimum Gasteiger partial charge on any atom is -0.454 e. The fourth-order valence-corrected chi connectivity index (χ4v) is 2.56. The highest BCUT2D eigenvalue weighted by molar-refractivity contribution is 6.01. The first-order valence-electron chi connectivity index (χ1n) is 8.12.